The highest BCUT2D eigenvalue weighted by Crippen LogP contribution is 1.58. The minimum Gasteiger partial charge on any atom is -0.361 e. The van der Waals surface area contributed by atoms with Crippen LogP contribution >= 0.6 is 12.2 Å². The molecule has 0 unspecified atom stereocenters. The van der Waals surface area contributed by atoms with Crippen molar-refractivity contribution in [1.29, 1.82) is 0 Å². The van der Waals surface area contributed by atoms with Gasteiger partial charge < -0.3 is 5.32 Å². The highest BCUT2D eigenvalue weighted by molar-refractivity contribution is 7.80. The Bertz CT molecular complexity index is 66.0. The van der Waals surface area contributed by atoms with Gasteiger partial charge in [0.1, 0.15) is 0 Å². The summed E-state index contributed by atoms with van der Waals surface area (Å²) in [6.45, 7) is 2.62. The van der Waals surface area contributed by atoms with Crippen molar-refractivity contribution >= 4 is 17.3 Å². The third-order valence-corrected chi connectivity index (χ3v) is 0.675. The van der Waals surface area contributed by atoms with E-state index < -0.39 is 0 Å². The molecule has 0 spiro atoms. The van der Waals surface area contributed by atoms with Crippen molar-refractivity contribution in [3.8, 4) is 0 Å². The third-order valence-electron chi connectivity index (χ3n) is 0.439. The molecule has 7 heavy (non-hydrogen) atoms. The van der Waals surface area contributed by atoms with Crippen molar-refractivity contribution in [2.75, 3.05) is 6.54 Å². The number of thiocarbonyl (C=S) groups is 1. The van der Waals surface area contributed by atoms with E-state index in [1.165, 1.54) is 0 Å². The Kier molecular flexibility index (Phi) is 3.64. The van der Waals surface area contributed by atoms with E-state index >= 15 is 0 Å². The molecule has 3 N–H and O–H groups in total. The Morgan fingerprint density at radius 1 is 1.86 bits per heavy atom. The van der Waals surface area contributed by atoms with Gasteiger partial charge in [-0.15, -0.1) is 0 Å². The summed E-state index contributed by atoms with van der Waals surface area (Å²) in [6, 6.07) is 0. The fraction of sp³-hybridized carbons (Fsp3) is 0.667. The highest BCUT2D eigenvalue weighted by atomic mass is 32.1. The van der Waals surface area contributed by atoms with Crippen LogP contribution in [0.4, 0.5) is 0 Å². The molecule has 0 amide bonds. The predicted octanol–water partition coefficient (Wildman–Crippen LogP) is -0.140. The molecule has 0 fully saturated rings. The maximum Gasteiger partial charge on any atom is 0.190 e. The first-order chi connectivity index (χ1) is 3.31. The smallest absolute Gasteiger partial charge is 0.190 e. The van der Waals surface area contributed by atoms with Gasteiger partial charge in [-0.2, -0.15) is 0 Å². The molecule has 0 aromatic carbocycles. The summed E-state index contributed by atoms with van der Waals surface area (Å²) < 4.78 is 0. The van der Waals surface area contributed by atoms with Crippen LogP contribution in [0, 0.1) is 0 Å². The van der Waals surface area contributed by atoms with Crippen LogP contribution in [0.15, 0.2) is 0 Å². The van der Waals surface area contributed by atoms with Crippen molar-refractivity contribution in [3.05, 3.63) is 0 Å². The normalized spacial score (nSPS) is 7.71. The molecule has 0 saturated carbocycles. The first-order valence-corrected chi connectivity index (χ1v) is 2.40. The zero-order valence-corrected chi connectivity index (χ0v) is 4.88. The van der Waals surface area contributed by atoms with Crippen LogP contribution in [0.5, 0.6) is 0 Å². The molecule has 0 saturated heterocycles. The molecule has 0 rings (SSSR count). The van der Waals surface area contributed by atoms with Gasteiger partial charge in [-0.05, 0) is 19.1 Å². The molecule has 3 nitrogen and oxygen atoms in total. The second-order valence-electron chi connectivity index (χ2n) is 0.971. The van der Waals surface area contributed by atoms with E-state index in [0.29, 0.717) is 0 Å². The minimum atomic E-state index is 0.266. The van der Waals surface area contributed by atoms with E-state index in [9.17, 15) is 0 Å². The van der Waals surface area contributed by atoms with Gasteiger partial charge in [0, 0.05) is 6.54 Å². The van der Waals surface area contributed by atoms with E-state index in [1.54, 1.807) is 5.48 Å². The predicted molar refractivity (Wildman–Crippen MR) is 31.2 cm³/mol. The Hall–Kier alpha value is -0.350. The quantitative estimate of drug-likeness (QED) is 0.333. The molecule has 0 aliphatic carbocycles. The van der Waals surface area contributed by atoms with Gasteiger partial charge in [0.2, 0.25) is 0 Å². The summed E-state index contributed by atoms with van der Waals surface area (Å²) in [5.74, 6) is 0. The SMILES string of the molecule is CCNC(=S)NO. The second kappa shape index (κ2) is 3.83. The standard InChI is InChI=1S/C3H8N2OS/c1-2-4-3(7)5-6/h6H,2H2,1H3,(H2,4,5,7). The summed E-state index contributed by atoms with van der Waals surface area (Å²) >= 11 is 4.48. The van der Waals surface area contributed by atoms with Crippen LogP contribution in [0.3, 0.4) is 0 Å². The zero-order chi connectivity index (χ0) is 5.70. The number of nitrogens with one attached hydrogen (secondary N) is 2. The minimum absolute atomic E-state index is 0.266. The summed E-state index contributed by atoms with van der Waals surface area (Å²) in [5, 5.41) is 10.9. The molecule has 0 aromatic rings. The van der Waals surface area contributed by atoms with Gasteiger partial charge in [-0.25, -0.2) is 5.48 Å². The lowest BCUT2D eigenvalue weighted by Gasteiger charge is -1.99. The van der Waals surface area contributed by atoms with Crippen molar-refractivity contribution in [3.63, 3.8) is 0 Å². The zero-order valence-electron chi connectivity index (χ0n) is 4.06. The molecule has 0 atom stereocenters. The number of rotatable bonds is 1. The summed E-state index contributed by atoms with van der Waals surface area (Å²) in [5.41, 5.74) is 1.79. The van der Waals surface area contributed by atoms with Crippen LogP contribution < -0.4 is 10.8 Å². The highest BCUT2D eigenvalue weighted by Gasteiger charge is 1.82. The molecule has 0 radical (unpaired) electrons. The average molecular weight is 120 g/mol. The molecule has 0 aromatic heterocycles. The van der Waals surface area contributed by atoms with Crippen molar-refractivity contribution in [2.24, 2.45) is 0 Å². The lowest BCUT2D eigenvalue weighted by Crippen LogP contribution is -2.32. The van der Waals surface area contributed by atoms with Crippen molar-refractivity contribution < 1.29 is 5.21 Å². The van der Waals surface area contributed by atoms with Crippen LogP contribution in [0.25, 0.3) is 0 Å². The van der Waals surface area contributed by atoms with E-state index in [-0.39, 0.29) is 5.11 Å². The fourth-order valence-corrected chi connectivity index (χ4v) is 0.344. The van der Waals surface area contributed by atoms with Gasteiger partial charge in [0.15, 0.2) is 5.11 Å². The number of hydrogen-bond donors (Lipinski definition) is 3. The molecule has 0 heterocycles. The van der Waals surface area contributed by atoms with Crippen LogP contribution in [0.1, 0.15) is 6.92 Å². The molecular formula is C3H8N2OS. The molecule has 42 valence electrons. The van der Waals surface area contributed by atoms with E-state index in [4.69, 9.17) is 5.21 Å². The molecule has 0 aliphatic rings. The number of hydrogen-bond acceptors (Lipinski definition) is 2. The van der Waals surface area contributed by atoms with Crippen LogP contribution in [0.2, 0.25) is 0 Å². The summed E-state index contributed by atoms with van der Waals surface area (Å²) in [7, 11) is 0. The number of hydroxylamine groups is 1. The first kappa shape index (κ1) is 6.65. The lowest BCUT2D eigenvalue weighted by atomic mass is 10.8. The van der Waals surface area contributed by atoms with Crippen LogP contribution in [-0.2, 0) is 0 Å². The topological polar surface area (TPSA) is 44.3 Å². The molecule has 0 bridgehead atoms. The van der Waals surface area contributed by atoms with Gasteiger partial charge in [-0.3, -0.25) is 5.21 Å². The van der Waals surface area contributed by atoms with Gasteiger partial charge in [-0.1, -0.05) is 0 Å². The Labute approximate surface area is 47.7 Å². The van der Waals surface area contributed by atoms with Gasteiger partial charge >= 0.3 is 0 Å². The Morgan fingerprint density at radius 3 is 2.57 bits per heavy atom. The molecule has 0 aliphatic heterocycles. The summed E-state index contributed by atoms with van der Waals surface area (Å²) in [6.07, 6.45) is 0. The van der Waals surface area contributed by atoms with Gasteiger partial charge in [0.25, 0.3) is 0 Å². The largest absolute Gasteiger partial charge is 0.361 e. The second-order valence-corrected chi connectivity index (χ2v) is 1.38. The van der Waals surface area contributed by atoms with Crippen LogP contribution in [-0.4, -0.2) is 16.9 Å². The van der Waals surface area contributed by atoms with Gasteiger partial charge in [0.05, 0.1) is 0 Å². The lowest BCUT2D eigenvalue weighted by molar-refractivity contribution is 0.233. The van der Waals surface area contributed by atoms with Crippen molar-refractivity contribution in [1.82, 2.24) is 10.8 Å². The Balaban J connectivity index is 3.00. The summed E-state index contributed by atoms with van der Waals surface area (Å²) in [4.78, 5) is 0. The maximum absolute atomic E-state index is 8.01. The first-order valence-electron chi connectivity index (χ1n) is 1.99. The molecule has 4 heteroatoms. The average Bonchev–Trinajstić information content (AvgIpc) is 1.68. The van der Waals surface area contributed by atoms with E-state index in [2.05, 4.69) is 17.5 Å². The monoisotopic (exact) mass is 120 g/mol. The fourth-order valence-electron chi connectivity index (χ4n) is 0.200. The van der Waals surface area contributed by atoms with E-state index in [1.807, 2.05) is 6.92 Å². The third kappa shape index (κ3) is 3.48. The van der Waals surface area contributed by atoms with E-state index in [0.717, 1.165) is 6.54 Å². The Morgan fingerprint density at radius 2 is 2.43 bits per heavy atom. The molecular weight excluding hydrogens is 112 g/mol. The maximum atomic E-state index is 8.01. The van der Waals surface area contributed by atoms with Crippen molar-refractivity contribution in [2.45, 2.75) is 6.92 Å².